The number of rotatable bonds is 2. The monoisotopic (exact) mass is 270 g/mol. The van der Waals surface area contributed by atoms with Crippen LogP contribution in [-0.4, -0.2) is 18.0 Å². The molecule has 1 aromatic carbocycles. The van der Waals surface area contributed by atoms with Gasteiger partial charge in [0.05, 0.1) is 5.56 Å². The lowest BCUT2D eigenvalue weighted by Crippen LogP contribution is -2.29. The van der Waals surface area contributed by atoms with Crippen LogP contribution in [-0.2, 0) is 12.7 Å². The molecule has 0 saturated heterocycles. The van der Waals surface area contributed by atoms with Gasteiger partial charge in [-0.3, -0.25) is 4.90 Å². The zero-order valence-electron chi connectivity index (χ0n) is 10.8. The molecular weight excluding hydrogens is 253 g/mol. The molecule has 0 atom stereocenters. The topological polar surface area (TPSA) is 29.3 Å². The summed E-state index contributed by atoms with van der Waals surface area (Å²) >= 11 is 0. The summed E-state index contributed by atoms with van der Waals surface area (Å²) in [6, 6.07) is 4.01. The van der Waals surface area contributed by atoms with Crippen LogP contribution in [0.2, 0.25) is 0 Å². The van der Waals surface area contributed by atoms with Crippen molar-refractivity contribution in [2.24, 2.45) is 0 Å². The van der Waals surface area contributed by atoms with E-state index in [-0.39, 0.29) is 11.3 Å². The zero-order valence-corrected chi connectivity index (χ0v) is 10.8. The van der Waals surface area contributed by atoms with E-state index in [1.54, 1.807) is 0 Å². The fraction of sp³-hybridized carbons (Fsp3) is 0.429. The number of hydrogen-bond donors (Lipinski definition) is 1. The molecule has 0 aliphatic carbocycles. The van der Waals surface area contributed by atoms with Gasteiger partial charge in [-0.15, -0.1) is 0 Å². The summed E-state index contributed by atoms with van der Waals surface area (Å²) in [7, 11) is 0. The fourth-order valence-electron chi connectivity index (χ4n) is 2.19. The number of hydrogen-bond acceptors (Lipinski definition) is 2. The van der Waals surface area contributed by atoms with Crippen molar-refractivity contribution in [3.05, 3.63) is 41.0 Å². The smallest absolute Gasteiger partial charge is 0.399 e. The average molecular weight is 270 g/mol. The van der Waals surface area contributed by atoms with E-state index in [1.165, 1.54) is 17.7 Å². The molecule has 0 aromatic heterocycles. The Hall–Kier alpha value is -1.49. The number of nitrogen functional groups attached to an aromatic ring is 1. The first-order chi connectivity index (χ1) is 8.86. The van der Waals surface area contributed by atoms with Crippen molar-refractivity contribution in [3.8, 4) is 0 Å². The van der Waals surface area contributed by atoms with E-state index < -0.39 is 11.7 Å². The fourth-order valence-corrected chi connectivity index (χ4v) is 2.19. The SMILES string of the molecule is CC1=CCN(Cc2ccc(N)cc2C(F)(F)F)CC1. The van der Waals surface area contributed by atoms with Crippen molar-refractivity contribution < 1.29 is 13.2 Å². The highest BCUT2D eigenvalue weighted by atomic mass is 19.4. The minimum absolute atomic E-state index is 0.144. The molecule has 2 rings (SSSR count). The van der Waals surface area contributed by atoms with Gasteiger partial charge in [0, 0.05) is 25.3 Å². The zero-order chi connectivity index (χ0) is 14.0. The minimum Gasteiger partial charge on any atom is -0.399 e. The summed E-state index contributed by atoms with van der Waals surface area (Å²) < 4.78 is 38.9. The molecule has 0 spiro atoms. The lowest BCUT2D eigenvalue weighted by atomic mass is 10.0. The van der Waals surface area contributed by atoms with Crippen LogP contribution < -0.4 is 5.73 Å². The van der Waals surface area contributed by atoms with Crippen LogP contribution in [0.1, 0.15) is 24.5 Å². The van der Waals surface area contributed by atoms with Gasteiger partial charge in [-0.05, 0) is 31.0 Å². The average Bonchev–Trinajstić information content (AvgIpc) is 2.33. The van der Waals surface area contributed by atoms with Gasteiger partial charge in [0.15, 0.2) is 0 Å². The molecule has 2 N–H and O–H groups in total. The summed E-state index contributed by atoms with van der Waals surface area (Å²) in [6.45, 7) is 3.85. The predicted molar refractivity (Wildman–Crippen MR) is 69.5 cm³/mol. The van der Waals surface area contributed by atoms with Crippen LogP contribution in [0.4, 0.5) is 18.9 Å². The van der Waals surface area contributed by atoms with Gasteiger partial charge in [-0.2, -0.15) is 13.2 Å². The van der Waals surface area contributed by atoms with E-state index in [0.29, 0.717) is 13.1 Å². The molecular formula is C14H17F3N2. The van der Waals surface area contributed by atoms with Gasteiger partial charge >= 0.3 is 6.18 Å². The maximum Gasteiger partial charge on any atom is 0.416 e. The Balaban J connectivity index is 2.21. The molecule has 0 fully saturated rings. The van der Waals surface area contributed by atoms with E-state index in [0.717, 1.165) is 19.0 Å². The van der Waals surface area contributed by atoms with Crippen LogP contribution in [0.25, 0.3) is 0 Å². The maximum absolute atomic E-state index is 13.0. The predicted octanol–water partition coefficient (Wildman–Crippen LogP) is 3.44. The van der Waals surface area contributed by atoms with Crippen molar-refractivity contribution in [3.63, 3.8) is 0 Å². The molecule has 5 heteroatoms. The number of nitrogens with two attached hydrogens (primary N) is 1. The Kier molecular flexibility index (Phi) is 3.85. The summed E-state index contributed by atoms with van der Waals surface area (Å²) in [5, 5.41) is 0. The van der Waals surface area contributed by atoms with Gasteiger partial charge in [-0.25, -0.2) is 0 Å². The first kappa shape index (κ1) is 13.9. The molecule has 1 heterocycles. The Morgan fingerprint density at radius 2 is 2.05 bits per heavy atom. The van der Waals surface area contributed by atoms with Gasteiger partial charge in [-0.1, -0.05) is 17.7 Å². The third-order valence-electron chi connectivity index (χ3n) is 3.35. The molecule has 0 amide bonds. The highest BCUT2D eigenvalue weighted by molar-refractivity contribution is 5.46. The third-order valence-corrected chi connectivity index (χ3v) is 3.35. The number of halogens is 3. The van der Waals surface area contributed by atoms with Crippen LogP contribution in [0.5, 0.6) is 0 Å². The summed E-state index contributed by atoms with van der Waals surface area (Å²) in [6.07, 6.45) is -1.38. The van der Waals surface area contributed by atoms with Gasteiger partial charge < -0.3 is 5.73 Å². The first-order valence-electron chi connectivity index (χ1n) is 6.20. The lowest BCUT2D eigenvalue weighted by Gasteiger charge is -2.26. The van der Waals surface area contributed by atoms with Crippen molar-refractivity contribution >= 4 is 5.69 Å². The number of benzene rings is 1. The Morgan fingerprint density at radius 3 is 2.63 bits per heavy atom. The van der Waals surface area contributed by atoms with Crippen LogP contribution in [0.3, 0.4) is 0 Å². The number of alkyl halides is 3. The van der Waals surface area contributed by atoms with Crippen molar-refractivity contribution in [2.75, 3.05) is 18.8 Å². The largest absolute Gasteiger partial charge is 0.416 e. The van der Waals surface area contributed by atoms with Crippen molar-refractivity contribution in [2.45, 2.75) is 26.1 Å². The van der Waals surface area contributed by atoms with E-state index in [9.17, 15) is 13.2 Å². The van der Waals surface area contributed by atoms with Gasteiger partial charge in [0.25, 0.3) is 0 Å². The molecule has 1 aromatic rings. The second-order valence-electron chi connectivity index (χ2n) is 4.95. The molecule has 1 aliphatic heterocycles. The van der Waals surface area contributed by atoms with E-state index in [4.69, 9.17) is 5.73 Å². The summed E-state index contributed by atoms with van der Waals surface area (Å²) in [5.74, 6) is 0. The quantitative estimate of drug-likeness (QED) is 0.659. The first-order valence-corrected chi connectivity index (χ1v) is 6.20. The minimum atomic E-state index is -4.35. The molecule has 0 unspecified atom stereocenters. The van der Waals surface area contributed by atoms with Gasteiger partial charge in [0.1, 0.15) is 0 Å². The third kappa shape index (κ3) is 3.50. The Labute approximate surface area is 110 Å². The highest BCUT2D eigenvalue weighted by Gasteiger charge is 2.33. The molecule has 104 valence electrons. The second-order valence-corrected chi connectivity index (χ2v) is 4.95. The van der Waals surface area contributed by atoms with Crippen LogP contribution in [0, 0.1) is 0 Å². The van der Waals surface area contributed by atoms with E-state index in [1.807, 2.05) is 11.8 Å². The number of anilines is 1. The standard InChI is InChI=1S/C14H17F3N2/c1-10-4-6-19(7-5-10)9-11-2-3-12(18)8-13(11)14(15,16)17/h2-4,8H,5-7,9,18H2,1H3. The van der Waals surface area contributed by atoms with Crippen molar-refractivity contribution in [1.82, 2.24) is 4.90 Å². The number of nitrogens with zero attached hydrogens (tertiary/aromatic N) is 1. The van der Waals surface area contributed by atoms with E-state index >= 15 is 0 Å². The van der Waals surface area contributed by atoms with Crippen molar-refractivity contribution in [1.29, 1.82) is 0 Å². The molecule has 19 heavy (non-hydrogen) atoms. The molecule has 0 saturated carbocycles. The molecule has 0 bridgehead atoms. The second kappa shape index (κ2) is 5.25. The summed E-state index contributed by atoms with van der Waals surface area (Å²) in [4.78, 5) is 2.01. The lowest BCUT2D eigenvalue weighted by molar-refractivity contribution is -0.138. The van der Waals surface area contributed by atoms with E-state index in [2.05, 4.69) is 6.08 Å². The molecule has 1 aliphatic rings. The van der Waals surface area contributed by atoms with Crippen LogP contribution >= 0.6 is 0 Å². The van der Waals surface area contributed by atoms with Gasteiger partial charge in [0.2, 0.25) is 0 Å². The Bertz CT molecular complexity index is 492. The molecule has 2 nitrogen and oxygen atoms in total. The summed E-state index contributed by atoms with van der Waals surface area (Å²) in [5.41, 5.74) is 6.55. The maximum atomic E-state index is 13.0. The highest BCUT2D eigenvalue weighted by Crippen LogP contribution is 2.34. The van der Waals surface area contributed by atoms with Crippen LogP contribution in [0.15, 0.2) is 29.8 Å². The molecule has 0 radical (unpaired) electrons. The normalized spacial score (nSPS) is 17.4. The Morgan fingerprint density at radius 1 is 1.32 bits per heavy atom.